The van der Waals surface area contributed by atoms with E-state index >= 15 is 0 Å². The van der Waals surface area contributed by atoms with Crippen LogP contribution in [0.2, 0.25) is 0 Å². The van der Waals surface area contributed by atoms with Crippen LogP contribution in [0.15, 0.2) is 0 Å². The third-order valence-corrected chi connectivity index (χ3v) is 1.86. The van der Waals surface area contributed by atoms with Crippen LogP contribution in [-0.4, -0.2) is 18.0 Å². The van der Waals surface area contributed by atoms with Gasteiger partial charge in [0.1, 0.15) is 12.0 Å². The zero-order chi connectivity index (χ0) is 9.07. The molecule has 3 heteroatoms. The predicted octanol–water partition coefficient (Wildman–Crippen LogP) is 2.20. The molecule has 0 bridgehead atoms. The molecule has 66 valence electrons. The molecule has 0 aromatic rings. The topological polar surface area (TPSA) is 26.3 Å². The van der Waals surface area contributed by atoms with Gasteiger partial charge in [0, 0.05) is 0 Å². The van der Waals surface area contributed by atoms with Crippen molar-refractivity contribution in [3.8, 4) is 0 Å². The molecule has 0 fully saturated rings. The molecule has 0 amide bonds. The molecule has 0 saturated heterocycles. The van der Waals surface area contributed by atoms with E-state index in [1.54, 1.807) is 0 Å². The molecule has 0 heterocycles. The Morgan fingerprint density at radius 1 is 1.55 bits per heavy atom. The molecular formula is C8H15ClO2. The van der Waals surface area contributed by atoms with Crippen molar-refractivity contribution in [2.45, 2.75) is 33.8 Å². The van der Waals surface area contributed by atoms with E-state index in [2.05, 4.69) is 0 Å². The van der Waals surface area contributed by atoms with E-state index in [1.807, 2.05) is 27.7 Å². The molecule has 1 unspecified atom stereocenters. The summed E-state index contributed by atoms with van der Waals surface area (Å²) in [6, 6.07) is 0. The van der Waals surface area contributed by atoms with E-state index in [-0.39, 0.29) is 23.4 Å². The van der Waals surface area contributed by atoms with Crippen molar-refractivity contribution in [3.05, 3.63) is 0 Å². The summed E-state index contributed by atoms with van der Waals surface area (Å²) in [5.74, 6) is -0.422. The highest BCUT2D eigenvalue weighted by molar-refractivity contribution is 6.26. The SMILES string of the molecule is CC(OC(=O)CCl)C(C)(C)C. The predicted molar refractivity (Wildman–Crippen MR) is 45.7 cm³/mol. The first-order valence-electron chi connectivity index (χ1n) is 3.63. The van der Waals surface area contributed by atoms with Crippen LogP contribution < -0.4 is 0 Å². The maximum atomic E-state index is 10.7. The largest absolute Gasteiger partial charge is 0.461 e. The van der Waals surface area contributed by atoms with E-state index < -0.39 is 0 Å². The van der Waals surface area contributed by atoms with E-state index in [0.29, 0.717) is 0 Å². The summed E-state index contributed by atoms with van der Waals surface area (Å²) in [7, 11) is 0. The monoisotopic (exact) mass is 178 g/mol. The average Bonchev–Trinajstić information content (AvgIpc) is 1.85. The van der Waals surface area contributed by atoms with Crippen molar-refractivity contribution < 1.29 is 9.53 Å². The van der Waals surface area contributed by atoms with E-state index in [4.69, 9.17) is 16.3 Å². The minimum atomic E-state index is -0.353. The van der Waals surface area contributed by atoms with Crippen molar-refractivity contribution in [2.75, 3.05) is 5.88 Å². The quantitative estimate of drug-likeness (QED) is 0.479. The molecule has 2 nitrogen and oxygen atoms in total. The Morgan fingerprint density at radius 3 is 2.27 bits per heavy atom. The second-order valence-corrected chi connectivity index (χ2v) is 3.90. The molecule has 0 aliphatic heterocycles. The average molecular weight is 179 g/mol. The van der Waals surface area contributed by atoms with Gasteiger partial charge in [0.05, 0.1) is 0 Å². The first-order chi connectivity index (χ1) is 4.88. The highest BCUT2D eigenvalue weighted by Gasteiger charge is 2.23. The number of rotatable bonds is 2. The fourth-order valence-electron chi connectivity index (χ4n) is 0.405. The third-order valence-electron chi connectivity index (χ3n) is 1.64. The molecule has 0 N–H and O–H groups in total. The lowest BCUT2D eigenvalue weighted by Gasteiger charge is -2.26. The van der Waals surface area contributed by atoms with Crippen LogP contribution in [0.25, 0.3) is 0 Å². The van der Waals surface area contributed by atoms with Crippen molar-refractivity contribution in [1.29, 1.82) is 0 Å². The van der Waals surface area contributed by atoms with Gasteiger partial charge in [0.2, 0.25) is 0 Å². The fraction of sp³-hybridized carbons (Fsp3) is 0.875. The van der Waals surface area contributed by atoms with Gasteiger partial charge >= 0.3 is 5.97 Å². The summed E-state index contributed by atoms with van der Waals surface area (Å²) in [5, 5.41) is 0. The molecule has 0 aliphatic carbocycles. The molecule has 0 aromatic heterocycles. The van der Waals surface area contributed by atoms with Gasteiger partial charge in [-0.2, -0.15) is 0 Å². The van der Waals surface area contributed by atoms with Gasteiger partial charge < -0.3 is 4.74 Å². The molecule has 11 heavy (non-hydrogen) atoms. The lowest BCUT2D eigenvalue weighted by Crippen LogP contribution is -2.29. The number of ether oxygens (including phenoxy) is 1. The molecule has 0 rings (SSSR count). The zero-order valence-corrected chi connectivity index (χ0v) is 8.23. The minimum absolute atomic E-state index is 0.0122. The summed E-state index contributed by atoms with van der Waals surface area (Å²) >= 11 is 5.27. The number of alkyl halides is 1. The van der Waals surface area contributed by atoms with Crippen molar-refractivity contribution >= 4 is 17.6 Å². The van der Waals surface area contributed by atoms with Gasteiger partial charge in [0.25, 0.3) is 0 Å². The van der Waals surface area contributed by atoms with Crippen LogP contribution in [0.1, 0.15) is 27.7 Å². The number of esters is 1. The summed E-state index contributed by atoms with van der Waals surface area (Å²) < 4.78 is 4.99. The smallest absolute Gasteiger partial charge is 0.321 e. The van der Waals surface area contributed by atoms with E-state index in [9.17, 15) is 4.79 Å². The van der Waals surface area contributed by atoms with Crippen LogP contribution in [0, 0.1) is 5.41 Å². The highest BCUT2D eigenvalue weighted by atomic mass is 35.5. The minimum Gasteiger partial charge on any atom is -0.461 e. The lowest BCUT2D eigenvalue weighted by molar-refractivity contribution is -0.150. The lowest BCUT2D eigenvalue weighted by atomic mass is 9.90. The van der Waals surface area contributed by atoms with Crippen molar-refractivity contribution in [1.82, 2.24) is 0 Å². The number of hydrogen-bond donors (Lipinski definition) is 0. The zero-order valence-electron chi connectivity index (χ0n) is 7.48. The summed E-state index contributed by atoms with van der Waals surface area (Å²) in [6.45, 7) is 7.90. The first kappa shape index (κ1) is 10.8. The van der Waals surface area contributed by atoms with Crippen LogP contribution in [0.4, 0.5) is 0 Å². The summed E-state index contributed by atoms with van der Waals surface area (Å²) in [5.41, 5.74) is -0.0122. The first-order valence-corrected chi connectivity index (χ1v) is 4.17. The molecule has 1 atom stereocenters. The standard InChI is InChI=1S/C8H15ClO2/c1-6(8(2,3)4)11-7(10)5-9/h6H,5H2,1-4H3. The van der Waals surface area contributed by atoms with Gasteiger partial charge in [-0.1, -0.05) is 20.8 Å². The molecule has 0 aromatic carbocycles. The summed E-state index contributed by atoms with van der Waals surface area (Å²) in [6.07, 6.45) is -0.0891. The van der Waals surface area contributed by atoms with Gasteiger partial charge in [-0.3, -0.25) is 4.79 Å². The maximum Gasteiger partial charge on any atom is 0.321 e. The Kier molecular flexibility index (Phi) is 3.87. The Hall–Kier alpha value is -0.240. The fourth-order valence-corrected chi connectivity index (χ4v) is 0.468. The maximum absolute atomic E-state index is 10.7. The second-order valence-electron chi connectivity index (χ2n) is 3.63. The molecule has 0 radical (unpaired) electrons. The van der Waals surface area contributed by atoms with E-state index in [1.165, 1.54) is 0 Å². The van der Waals surface area contributed by atoms with Crippen LogP contribution in [0.5, 0.6) is 0 Å². The number of carbonyl (C=O) groups is 1. The Labute approximate surface area is 72.9 Å². The van der Waals surface area contributed by atoms with Crippen LogP contribution in [0.3, 0.4) is 0 Å². The van der Waals surface area contributed by atoms with Crippen molar-refractivity contribution in [2.24, 2.45) is 5.41 Å². The third kappa shape index (κ3) is 4.25. The van der Waals surface area contributed by atoms with E-state index in [0.717, 1.165) is 0 Å². The molecule has 0 spiro atoms. The Balaban J connectivity index is 3.87. The molecular weight excluding hydrogens is 164 g/mol. The normalized spacial score (nSPS) is 14.3. The Morgan fingerprint density at radius 2 is 2.00 bits per heavy atom. The van der Waals surface area contributed by atoms with Crippen molar-refractivity contribution in [3.63, 3.8) is 0 Å². The summed E-state index contributed by atoms with van der Waals surface area (Å²) in [4.78, 5) is 10.7. The molecule has 0 saturated carbocycles. The Bertz CT molecular complexity index is 138. The molecule has 0 aliphatic rings. The second kappa shape index (κ2) is 3.96. The van der Waals surface area contributed by atoms with Crippen LogP contribution in [-0.2, 0) is 9.53 Å². The van der Waals surface area contributed by atoms with Gasteiger partial charge in [-0.15, -0.1) is 11.6 Å². The number of carbonyl (C=O) groups excluding carboxylic acids is 1. The highest BCUT2D eigenvalue weighted by Crippen LogP contribution is 2.21. The number of hydrogen-bond acceptors (Lipinski definition) is 2. The van der Waals surface area contributed by atoms with Gasteiger partial charge in [0.15, 0.2) is 0 Å². The van der Waals surface area contributed by atoms with Crippen LogP contribution >= 0.6 is 11.6 Å². The number of halogens is 1. The van der Waals surface area contributed by atoms with Gasteiger partial charge in [-0.25, -0.2) is 0 Å². The van der Waals surface area contributed by atoms with Gasteiger partial charge in [-0.05, 0) is 12.3 Å².